The van der Waals surface area contributed by atoms with Crippen molar-refractivity contribution in [3.05, 3.63) is 357 Å². The average molecular weight is 1330 g/mol. The Hall–Kier alpha value is -13.0. The molecule has 5 nitrogen and oxygen atoms in total. The molecule has 0 spiro atoms. The lowest BCUT2D eigenvalue weighted by Gasteiger charge is -2.25. The molecule has 5 aromatic heterocycles. The number of hydrogen-bond donors (Lipinski definition) is 0. The Labute approximate surface area is 599 Å². The quantitative estimate of drug-likeness (QED) is 0.137. The molecule has 103 heavy (non-hydrogen) atoms. The van der Waals surface area contributed by atoms with Crippen LogP contribution in [0.15, 0.2) is 346 Å². The maximum Gasteiger partial charge on any atom is 0.235 e. The summed E-state index contributed by atoms with van der Waals surface area (Å²) in [7, 11) is 0. The summed E-state index contributed by atoms with van der Waals surface area (Å²) in [4.78, 5) is 10.2. The zero-order valence-electron chi connectivity index (χ0n) is 56.6. The van der Waals surface area contributed by atoms with E-state index in [0.29, 0.717) is 5.95 Å². The highest BCUT2D eigenvalue weighted by atomic mass is 32.1. The molecule has 0 radical (unpaired) electrons. The summed E-state index contributed by atoms with van der Waals surface area (Å²) < 4.78 is 9.66. The summed E-state index contributed by atoms with van der Waals surface area (Å²) in [6.07, 6.45) is 1.88. The number of benzene rings is 15. The standard InChI is InChI=1S/C97H63N5S/c1-97(2)85-58-70(69-43-50-93-83(57-69)84-59-73(46-51-94(84)103-93)101-87-26-10-6-20-76(87)77-21-7-11-27-88(77)101)40-47-75(85)80-25-15-24-74(95(80)97)65-36-34-62(35-37-65)63-38-44-72(45-39-63)100-89-28-12-8-22-78(89)81-55-67(41-48-91(81)100)68-42-49-92-82(56-68)79-23-9-13-29-90(79)102(92)96-98-53-52-86(99-96)71-19-14-18-66(54-71)64-32-30-61(31-33-64)60-16-4-3-5-17-60/h3-59H,1-2H3. The normalized spacial score (nSPS) is 12.6. The summed E-state index contributed by atoms with van der Waals surface area (Å²) in [5.74, 6) is 0.635. The highest BCUT2D eigenvalue weighted by Crippen LogP contribution is 2.54. The summed E-state index contributed by atoms with van der Waals surface area (Å²) in [6, 6.07) is 125. The van der Waals surface area contributed by atoms with Gasteiger partial charge >= 0.3 is 0 Å². The van der Waals surface area contributed by atoms with Gasteiger partial charge < -0.3 is 9.13 Å². The summed E-state index contributed by atoms with van der Waals surface area (Å²) in [5.41, 5.74) is 30.6. The second-order valence-corrected chi connectivity index (χ2v) is 29.1. The minimum Gasteiger partial charge on any atom is -0.309 e. The maximum atomic E-state index is 5.28. The summed E-state index contributed by atoms with van der Waals surface area (Å²) in [6.45, 7) is 4.82. The Balaban J connectivity index is 0.552. The van der Waals surface area contributed by atoms with Gasteiger partial charge in [0.2, 0.25) is 5.95 Å². The highest BCUT2D eigenvalue weighted by molar-refractivity contribution is 7.25. The minimum absolute atomic E-state index is 0.229. The van der Waals surface area contributed by atoms with Gasteiger partial charge in [-0.05, 0) is 198 Å². The van der Waals surface area contributed by atoms with E-state index < -0.39 is 0 Å². The predicted octanol–water partition coefficient (Wildman–Crippen LogP) is 26.1. The van der Waals surface area contributed by atoms with Gasteiger partial charge in [-0.2, -0.15) is 0 Å². The van der Waals surface area contributed by atoms with E-state index in [9.17, 15) is 0 Å². The molecule has 0 N–H and O–H groups in total. The Morgan fingerprint density at radius 2 is 0.670 bits per heavy atom. The van der Waals surface area contributed by atoms with Crippen molar-refractivity contribution < 1.29 is 0 Å². The third kappa shape index (κ3) is 9.38. The van der Waals surface area contributed by atoms with Crippen molar-refractivity contribution in [1.82, 2.24) is 23.7 Å². The third-order valence-electron chi connectivity index (χ3n) is 22.0. The van der Waals surface area contributed by atoms with Gasteiger partial charge in [-0.3, -0.25) is 4.57 Å². The predicted molar refractivity (Wildman–Crippen MR) is 434 cm³/mol. The van der Waals surface area contributed by atoms with Gasteiger partial charge in [0.25, 0.3) is 0 Å². The van der Waals surface area contributed by atoms with E-state index in [1.165, 1.54) is 136 Å². The van der Waals surface area contributed by atoms with Crippen LogP contribution < -0.4 is 0 Å². The fraction of sp³-hybridized carbons (Fsp3) is 0.0309. The number of para-hydroxylation sites is 4. The second-order valence-electron chi connectivity index (χ2n) is 28.0. The van der Waals surface area contributed by atoms with Gasteiger partial charge in [0, 0.05) is 81.0 Å². The molecule has 1 aliphatic carbocycles. The Kier molecular flexibility index (Phi) is 13.2. The number of aromatic nitrogens is 5. The highest BCUT2D eigenvalue weighted by Gasteiger charge is 2.38. The van der Waals surface area contributed by atoms with E-state index in [4.69, 9.17) is 9.97 Å². The van der Waals surface area contributed by atoms with E-state index in [1.54, 1.807) is 0 Å². The van der Waals surface area contributed by atoms with Crippen LogP contribution in [0.1, 0.15) is 25.0 Å². The van der Waals surface area contributed by atoms with Crippen LogP contribution in [0.3, 0.4) is 0 Å². The first kappa shape index (κ1) is 58.9. The topological polar surface area (TPSA) is 40.6 Å². The lowest BCUT2D eigenvalue weighted by molar-refractivity contribution is 0.662. The molecule has 0 atom stereocenters. The fourth-order valence-corrected chi connectivity index (χ4v) is 18.1. The van der Waals surface area contributed by atoms with Gasteiger partial charge in [-0.25, -0.2) is 9.97 Å². The largest absolute Gasteiger partial charge is 0.309 e. The van der Waals surface area contributed by atoms with Crippen LogP contribution >= 0.6 is 11.3 Å². The average Bonchev–Trinajstić information content (AvgIpc) is 1.61. The van der Waals surface area contributed by atoms with Gasteiger partial charge in [0.05, 0.1) is 38.8 Å². The van der Waals surface area contributed by atoms with Crippen molar-refractivity contribution in [2.24, 2.45) is 0 Å². The van der Waals surface area contributed by atoms with E-state index >= 15 is 0 Å². The molecule has 0 bridgehead atoms. The number of fused-ring (bicyclic) bond motifs is 15. The molecular weight excluding hydrogens is 1270 g/mol. The van der Waals surface area contributed by atoms with Crippen molar-refractivity contribution in [2.75, 3.05) is 0 Å². The second kappa shape index (κ2) is 23.0. The number of hydrogen-bond acceptors (Lipinski definition) is 3. The molecule has 0 saturated carbocycles. The molecule has 1 aliphatic rings. The Morgan fingerprint density at radius 3 is 1.31 bits per heavy atom. The van der Waals surface area contributed by atoms with E-state index in [2.05, 4.69) is 361 Å². The van der Waals surface area contributed by atoms with Crippen molar-refractivity contribution in [3.63, 3.8) is 0 Å². The van der Waals surface area contributed by atoms with E-state index in [-0.39, 0.29) is 5.41 Å². The SMILES string of the molecule is CC1(C)c2cc(-c3ccc4sc5ccc(-n6c7ccccc7c7ccccc76)cc5c4c3)ccc2-c2cccc(-c3ccc(-c4ccc(-n5c6ccccc6c6cc(-c7ccc8c(c7)c7ccccc7n8-c7nccc(-c8cccc(-c9ccc(-c%10ccccc%10)cc9)c8)n7)ccc65)cc4)cc3)c21. The van der Waals surface area contributed by atoms with Crippen LogP contribution in [0.4, 0.5) is 0 Å². The van der Waals surface area contributed by atoms with Crippen molar-refractivity contribution in [3.8, 4) is 106 Å². The minimum atomic E-state index is -0.229. The first-order valence-electron chi connectivity index (χ1n) is 35.4. The zero-order valence-corrected chi connectivity index (χ0v) is 57.4. The van der Waals surface area contributed by atoms with Crippen LogP contribution in [0.5, 0.6) is 0 Å². The first-order valence-corrected chi connectivity index (χ1v) is 36.2. The lowest BCUT2D eigenvalue weighted by Crippen LogP contribution is -2.16. The monoisotopic (exact) mass is 1330 g/mol. The molecule has 5 heterocycles. The molecule has 0 amide bonds. The van der Waals surface area contributed by atoms with Gasteiger partial charge in [-0.1, -0.05) is 244 Å². The molecular formula is C97H63N5S. The van der Waals surface area contributed by atoms with Crippen LogP contribution in [-0.2, 0) is 5.41 Å². The van der Waals surface area contributed by atoms with Gasteiger partial charge in [-0.15, -0.1) is 11.3 Å². The van der Waals surface area contributed by atoms with Gasteiger partial charge in [0.1, 0.15) is 0 Å². The van der Waals surface area contributed by atoms with Crippen LogP contribution in [-0.4, -0.2) is 23.7 Å². The number of nitrogens with zero attached hydrogens (tertiary/aromatic N) is 5. The number of rotatable bonds is 10. The summed E-state index contributed by atoms with van der Waals surface area (Å²) >= 11 is 1.88. The van der Waals surface area contributed by atoms with Crippen molar-refractivity contribution in [1.29, 1.82) is 0 Å². The maximum absolute atomic E-state index is 5.28. The molecule has 0 fully saturated rings. The molecule has 0 unspecified atom stereocenters. The molecule has 15 aromatic carbocycles. The molecule has 6 heteroatoms. The molecule has 482 valence electrons. The first-order chi connectivity index (χ1) is 50.8. The van der Waals surface area contributed by atoms with Crippen LogP contribution in [0, 0.1) is 0 Å². The van der Waals surface area contributed by atoms with Crippen LogP contribution in [0.25, 0.3) is 192 Å². The Bertz CT molecular complexity index is 6810. The number of thiophene rings is 1. The smallest absolute Gasteiger partial charge is 0.235 e. The molecule has 0 aliphatic heterocycles. The lowest BCUT2D eigenvalue weighted by atomic mass is 9.78. The van der Waals surface area contributed by atoms with E-state index in [0.717, 1.165) is 61.0 Å². The van der Waals surface area contributed by atoms with Crippen LogP contribution in [0.2, 0.25) is 0 Å². The fourth-order valence-electron chi connectivity index (χ4n) is 17.0. The van der Waals surface area contributed by atoms with E-state index in [1.807, 2.05) is 23.6 Å². The molecule has 0 saturated heterocycles. The van der Waals surface area contributed by atoms with Crippen molar-refractivity contribution >= 4 is 96.9 Å². The van der Waals surface area contributed by atoms with Crippen molar-refractivity contribution in [2.45, 2.75) is 19.3 Å². The van der Waals surface area contributed by atoms with Gasteiger partial charge in [0.15, 0.2) is 0 Å². The molecule has 20 aromatic rings. The summed E-state index contributed by atoms with van der Waals surface area (Å²) in [5, 5.41) is 9.88. The zero-order chi connectivity index (χ0) is 68.0. The Morgan fingerprint density at radius 1 is 0.262 bits per heavy atom. The third-order valence-corrected chi connectivity index (χ3v) is 23.1. The molecule has 21 rings (SSSR count).